The minimum atomic E-state index is -1.51. The van der Waals surface area contributed by atoms with Gasteiger partial charge in [-0.2, -0.15) is 0 Å². The number of halogens is 1. The fourth-order valence-corrected chi connectivity index (χ4v) is 2.63. The Balaban J connectivity index is 3.11. The third-order valence-electron chi connectivity index (χ3n) is 1.91. The fourth-order valence-electron chi connectivity index (χ4n) is 0.978. The number of nitrogens with two attached hydrogens (primary N) is 2. The van der Waals surface area contributed by atoms with Crippen LogP contribution in [-0.2, 0) is 15.6 Å². The summed E-state index contributed by atoms with van der Waals surface area (Å²) in [6, 6.07) is 5.00. The van der Waals surface area contributed by atoms with Crippen LogP contribution in [0, 0.1) is 0 Å². The Morgan fingerprint density at radius 1 is 1.53 bits per heavy atom. The summed E-state index contributed by atoms with van der Waals surface area (Å²) in [6.07, 6.45) is 0. The summed E-state index contributed by atoms with van der Waals surface area (Å²) < 4.78 is 12.6. The van der Waals surface area contributed by atoms with E-state index in [1.165, 1.54) is 6.92 Å². The van der Waals surface area contributed by atoms with Crippen LogP contribution in [0.15, 0.2) is 27.6 Å². The maximum Gasteiger partial charge on any atom is 0.233 e. The number of carbonyl (C=O) groups excluding carboxylic acids is 1. The summed E-state index contributed by atoms with van der Waals surface area (Å²) in [6.45, 7) is 1.51. The molecule has 1 rings (SSSR count). The van der Waals surface area contributed by atoms with Gasteiger partial charge in [-0.3, -0.25) is 9.00 Å². The summed E-state index contributed by atoms with van der Waals surface area (Å²) in [5.74, 6) is -0.604. The van der Waals surface area contributed by atoms with Crippen molar-refractivity contribution in [3.05, 3.63) is 22.7 Å². The van der Waals surface area contributed by atoms with Gasteiger partial charge in [-0.05, 0) is 25.1 Å². The number of benzene rings is 1. The van der Waals surface area contributed by atoms with Crippen molar-refractivity contribution in [3.63, 3.8) is 0 Å². The molecule has 6 heteroatoms. The fraction of sp³-hybridized carbons (Fsp3) is 0.222. The van der Waals surface area contributed by atoms with E-state index in [1.807, 2.05) is 0 Å². The van der Waals surface area contributed by atoms with Crippen LogP contribution in [0.5, 0.6) is 0 Å². The Kier molecular flexibility index (Phi) is 3.87. The van der Waals surface area contributed by atoms with Gasteiger partial charge >= 0.3 is 0 Å². The molecule has 1 amide bonds. The van der Waals surface area contributed by atoms with Crippen molar-refractivity contribution in [1.82, 2.24) is 0 Å². The number of hydrogen-bond acceptors (Lipinski definition) is 3. The molecule has 2 unspecified atom stereocenters. The van der Waals surface area contributed by atoms with Crippen LogP contribution >= 0.6 is 15.9 Å². The summed E-state index contributed by atoms with van der Waals surface area (Å²) >= 11 is 3.24. The number of hydrogen-bond donors (Lipinski definition) is 2. The molecule has 4 N–H and O–H groups in total. The largest absolute Gasteiger partial charge is 0.398 e. The molecule has 0 aliphatic heterocycles. The maximum atomic E-state index is 11.9. The molecule has 0 saturated carbocycles. The second-order valence-corrected chi connectivity index (χ2v) is 5.68. The molecule has 0 radical (unpaired) electrons. The molecular formula is C9H11BrN2O2S. The molecule has 0 spiro atoms. The molecule has 82 valence electrons. The van der Waals surface area contributed by atoms with E-state index in [9.17, 15) is 9.00 Å². The topological polar surface area (TPSA) is 86.2 Å². The zero-order valence-electron chi connectivity index (χ0n) is 8.07. The molecule has 0 aromatic heterocycles. The standard InChI is InChI=1S/C9H11BrN2O2S/c1-5(9(12)13)15(14)8-4-6(10)2-3-7(8)11/h2-5H,11H2,1H3,(H2,12,13). The first-order valence-corrected chi connectivity index (χ1v) is 6.19. The van der Waals surface area contributed by atoms with Crippen molar-refractivity contribution in [1.29, 1.82) is 0 Å². The summed E-state index contributed by atoms with van der Waals surface area (Å²) in [5, 5.41) is -0.749. The molecule has 0 saturated heterocycles. The Morgan fingerprint density at radius 2 is 2.13 bits per heavy atom. The van der Waals surface area contributed by atoms with Crippen LogP contribution < -0.4 is 11.5 Å². The van der Waals surface area contributed by atoms with Crippen LogP contribution in [0.4, 0.5) is 5.69 Å². The van der Waals surface area contributed by atoms with Gasteiger partial charge < -0.3 is 11.5 Å². The lowest BCUT2D eigenvalue weighted by molar-refractivity contribution is -0.117. The van der Waals surface area contributed by atoms with Crippen molar-refractivity contribution in [2.75, 3.05) is 5.73 Å². The lowest BCUT2D eigenvalue weighted by atomic mass is 10.3. The number of rotatable bonds is 3. The van der Waals surface area contributed by atoms with Gasteiger partial charge in [-0.1, -0.05) is 15.9 Å². The average molecular weight is 291 g/mol. The predicted molar refractivity (Wildman–Crippen MR) is 63.6 cm³/mol. The Labute approximate surface area is 98.6 Å². The Hall–Kier alpha value is -0.880. The molecule has 0 fully saturated rings. The highest BCUT2D eigenvalue weighted by atomic mass is 79.9. The molecule has 2 atom stereocenters. The van der Waals surface area contributed by atoms with Crippen molar-refractivity contribution < 1.29 is 9.00 Å². The van der Waals surface area contributed by atoms with E-state index in [0.717, 1.165) is 4.47 Å². The van der Waals surface area contributed by atoms with E-state index >= 15 is 0 Å². The quantitative estimate of drug-likeness (QED) is 0.815. The smallest absolute Gasteiger partial charge is 0.233 e. The lowest BCUT2D eigenvalue weighted by Gasteiger charge is -2.10. The summed E-state index contributed by atoms with van der Waals surface area (Å²) in [5.41, 5.74) is 11.1. The summed E-state index contributed by atoms with van der Waals surface area (Å²) in [4.78, 5) is 11.3. The average Bonchev–Trinajstić information content (AvgIpc) is 2.19. The van der Waals surface area contributed by atoms with E-state index in [2.05, 4.69) is 15.9 Å². The first-order valence-electron chi connectivity index (χ1n) is 4.18. The van der Waals surface area contributed by atoms with Gasteiger partial charge in [0.25, 0.3) is 0 Å². The van der Waals surface area contributed by atoms with Crippen LogP contribution in [0.1, 0.15) is 6.92 Å². The van der Waals surface area contributed by atoms with Crippen molar-refractivity contribution in [2.45, 2.75) is 17.1 Å². The number of carbonyl (C=O) groups is 1. The van der Waals surface area contributed by atoms with E-state index in [0.29, 0.717) is 10.6 Å². The first-order chi connectivity index (χ1) is 6.93. The Bertz CT molecular complexity index is 423. The third kappa shape index (κ3) is 2.79. The van der Waals surface area contributed by atoms with Gasteiger partial charge in [0.15, 0.2) is 0 Å². The molecule has 0 bridgehead atoms. The van der Waals surface area contributed by atoms with Crippen molar-refractivity contribution in [3.8, 4) is 0 Å². The van der Waals surface area contributed by atoms with Gasteiger partial charge in [0, 0.05) is 10.2 Å². The normalized spacial score (nSPS) is 14.5. The van der Waals surface area contributed by atoms with Crippen LogP contribution in [0.2, 0.25) is 0 Å². The highest BCUT2D eigenvalue weighted by molar-refractivity contribution is 9.10. The van der Waals surface area contributed by atoms with Gasteiger partial charge in [0.05, 0.1) is 15.7 Å². The van der Waals surface area contributed by atoms with Gasteiger partial charge in [0.1, 0.15) is 5.25 Å². The minimum absolute atomic E-state index is 0.393. The monoisotopic (exact) mass is 290 g/mol. The minimum Gasteiger partial charge on any atom is -0.398 e. The van der Waals surface area contributed by atoms with E-state index in [1.54, 1.807) is 18.2 Å². The molecule has 1 aromatic carbocycles. The number of primary amides is 1. The van der Waals surface area contributed by atoms with E-state index < -0.39 is 22.0 Å². The predicted octanol–water partition coefficient (Wildman–Crippen LogP) is 1.01. The number of amides is 1. The highest BCUT2D eigenvalue weighted by Crippen LogP contribution is 2.23. The third-order valence-corrected chi connectivity index (χ3v) is 4.07. The lowest BCUT2D eigenvalue weighted by Crippen LogP contribution is -2.29. The molecular weight excluding hydrogens is 280 g/mol. The van der Waals surface area contributed by atoms with Gasteiger partial charge in [0.2, 0.25) is 5.91 Å². The van der Waals surface area contributed by atoms with Crippen molar-refractivity contribution >= 4 is 38.3 Å². The highest BCUT2D eigenvalue weighted by Gasteiger charge is 2.20. The maximum absolute atomic E-state index is 11.9. The molecule has 4 nitrogen and oxygen atoms in total. The van der Waals surface area contributed by atoms with Gasteiger partial charge in [-0.15, -0.1) is 0 Å². The van der Waals surface area contributed by atoms with Crippen LogP contribution in [0.3, 0.4) is 0 Å². The zero-order chi connectivity index (χ0) is 11.6. The van der Waals surface area contributed by atoms with Gasteiger partial charge in [-0.25, -0.2) is 0 Å². The summed E-state index contributed by atoms with van der Waals surface area (Å²) in [7, 11) is -1.51. The van der Waals surface area contributed by atoms with Crippen molar-refractivity contribution in [2.24, 2.45) is 5.73 Å². The zero-order valence-corrected chi connectivity index (χ0v) is 10.5. The second kappa shape index (κ2) is 4.76. The SMILES string of the molecule is CC(C(N)=O)S(=O)c1cc(Br)ccc1N. The second-order valence-electron chi connectivity index (χ2n) is 3.02. The molecule has 0 aliphatic carbocycles. The first kappa shape index (κ1) is 12.2. The van der Waals surface area contributed by atoms with Crippen LogP contribution in [0.25, 0.3) is 0 Å². The number of nitrogen functional groups attached to an aromatic ring is 1. The Morgan fingerprint density at radius 3 is 2.67 bits per heavy atom. The molecule has 15 heavy (non-hydrogen) atoms. The van der Waals surface area contributed by atoms with Crippen LogP contribution in [-0.4, -0.2) is 15.4 Å². The molecule has 1 aromatic rings. The van der Waals surface area contributed by atoms with E-state index in [4.69, 9.17) is 11.5 Å². The number of anilines is 1. The molecule has 0 aliphatic rings. The van der Waals surface area contributed by atoms with E-state index in [-0.39, 0.29) is 0 Å². The molecule has 0 heterocycles.